The van der Waals surface area contributed by atoms with Crippen LogP contribution in [0.15, 0.2) is 23.1 Å². The van der Waals surface area contributed by atoms with Crippen LogP contribution in [0.4, 0.5) is 0 Å². The molecule has 8 heteroatoms. The van der Waals surface area contributed by atoms with Crippen molar-refractivity contribution in [3.63, 3.8) is 0 Å². The molecule has 1 aliphatic rings. The third-order valence-corrected chi connectivity index (χ3v) is 5.82. The first-order chi connectivity index (χ1) is 9.91. The topological polar surface area (TPSA) is 88.3 Å². The van der Waals surface area contributed by atoms with Gasteiger partial charge in [0, 0.05) is 13.6 Å². The average molecular weight is 310 g/mol. The Morgan fingerprint density at radius 1 is 1.38 bits per heavy atom. The summed E-state index contributed by atoms with van der Waals surface area (Å²) in [6.07, 6.45) is 0.738. The maximum absolute atomic E-state index is 12.9. The number of hydrogen-bond donors (Lipinski definition) is 1. The molecule has 3 rings (SSSR count). The van der Waals surface area contributed by atoms with Crippen molar-refractivity contribution in [1.29, 1.82) is 0 Å². The van der Waals surface area contributed by atoms with Gasteiger partial charge in [-0.3, -0.25) is 0 Å². The predicted octanol–water partition coefficient (Wildman–Crippen LogP) is 0.502. The number of aryl methyl sites for hydroxylation is 1. The quantitative estimate of drug-likeness (QED) is 0.892. The lowest BCUT2D eigenvalue weighted by atomic mass is 10.1. The van der Waals surface area contributed by atoms with Gasteiger partial charge in [-0.15, -0.1) is 0 Å². The van der Waals surface area contributed by atoms with E-state index in [1.807, 2.05) is 0 Å². The van der Waals surface area contributed by atoms with E-state index in [-0.39, 0.29) is 10.9 Å². The predicted molar refractivity (Wildman–Crippen MR) is 77.1 cm³/mol. The molecule has 0 radical (unpaired) electrons. The first-order valence-electron chi connectivity index (χ1n) is 6.91. The van der Waals surface area contributed by atoms with Crippen molar-refractivity contribution < 1.29 is 13.5 Å². The first-order valence-corrected chi connectivity index (χ1v) is 8.35. The van der Waals surface area contributed by atoms with E-state index in [0.29, 0.717) is 24.0 Å². The molecule has 1 unspecified atom stereocenters. The minimum absolute atomic E-state index is 0.153. The highest BCUT2D eigenvalue weighted by atomic mass is 32.2. The Morgan fingerprint density at radius 2 is 2.14 bits per heavy atom. The zero-order valence-corrected chi connectivity index (χ0v) is 12.8. The zero-order chi connectivity index (χ0) is 15.2. The second-order valence-corrected chi connectivity index (χ2v) is 7.24. The molecule has 1 N–H and O–H groups in total. The highest BCUT2D eigenvalue weighted by Gasteiger charge is 2.38. The lowest BCUT2D eigenvalue weighted by Gasteiger charge is -2.26. The molecule has 1 fully saturated rings. The maximum Gasteiger partial charge on any atom is 0.245 e. The number of benzene rings is 1. The van der Waals surface area contributed by atoms with Gasteiger partial charge in [0.05, 0.1) is 12.1 Å². The number of nitrogens with zero attached hydrogens (tertiary/aromatic N) is 4. The number of aromatic nitrogens is 3. The minimum atomic E-state index is -3.69. The Kier molecular flexibility index (Phi) is 3.46. The van der Waals surface area contributed by atoms with E-state index >= 15 is 0 Å². The van der Waals surface area contributed by atoms with Gasteiger partial charge in [0.25, 0.3) is 0 Å². The van der Waals surface area contributed by atoms with Crippen LogP contribution < -0.4 is 0 Å². The van der Waals surface area contributed by atoms with E-state index in [2.05, 4.69) is 10.2 Å². The monoisotopic (exact) mass is 310 g/mol. The summed E-state index contributed by atoms with van der Waals surface area (Å²) in [5, 5.41) is 18.1. The summed E-state index contributed by atoms with van der Waals surface area (Å²) in [7, 11) is -2.03. The van der Waals surface area contributed by atoms with Crippen molar-refractivity contribution in [3.8, 4) is 0 Å². The second kappa shape index (κ2) is 5.04. The van der Waals surface area contributed by atoms with Crippen molar-refractivity contribution >= 4 is 21.1 Å². The zero-order valence-electron chi connectivity index (χ0n) is 12.0. The van der Waals surface area contributed by atoms with Gasteiger partial charge < -0.3 is 5.11 Å². The Hall–Kier alpha value is -1.51. The van der Waals surface area contributed by atoms with Gasteiger partial charge in [-0.1, -0.05) is 6.07 Å². The van der Waals surface area contributed by atoms with Crippen LogP contribution in [0.2, 0.25) is 0 Å². The number of hydrogen-bond acceptors (Lipinski definition) is 5. The first kappa shape index (κ1) is 14.4. The summed E-state index contributed by atoms with van der Waals surface area (Å²) in [4.78, 5) is 1.51. The minimum Gasteiger partial charge on any atom is -0.392 e. The fraction of sp³-hybridized carbons (Fsp3) is 0.538. The largest absolute Gasteiger partial charge is 0.392 e. The number of fused-ring (bicyclic) bond motifs is 1. The molecule has 2 heterocycles. The van der Waals surface area contributed by atoms with Gasteiger partial charge in [-0.05, 0) is 31.9 Å². The number of aliphatic hydroxyl groups excluding tert-OH is 1. The summed E-state index contributed by atoms with van der Waals surface area (Å²) in [5.74, 6) is 0. The molecular formula is C13H18N4O3S. The van der Waals surface area contributed by atoms with E-state index in [4.69, 9.17) is 0 Å². The van der Waals surface area contributed by atoms with Crippen LogP contribution in [-0.4, -0.2) is 51.5 Å². The lowest BCUT2D eigenvalue weighted by Crippen LogP contribution is -2.41. The molecule has 1 aromatic heterocycles. The molecule has 1 saturated heterocycles. The van der Waals surface area contributed by atoms with Gasteiger partial charge in [0.1, 0.15) is 15.9 Å². The van der Waals surface area contributed by atoms with Crippen LogP contribution in [-0.2, 0) is 17.1 Å². The Labute approximate surface area is 123 Å². The molecular weight excluding hydrogens is 292 g/mol. The highest BCUT2D eigenvalue weighted by molar-refractivity contribution is 7.89. The summed E-state index contributed by atoms with van der Waals surface area (Å²) < 4.78 is 27.2. The van der Waals surface area contributed by atoms with Crippen molar-refractivity contribution in [2.45, 2.75) is 36.8 Å². The Balaban J connectivity index is 2.12. The van der Waals surface area contributed by atoms with Crippen LogP contribution in [0.1, 0.15) is 19.8 Å². The van der Waals surface area contributed by atoms with Crippen LogP contribution in [0.25, 0.3) is 11.0 Å². The second-order valence-electron chi connectivity index (χ2n) is 5.38. The Morgan fingerprint density at radius 3 is 2.86 bits per heavy atom. The average Bonchev–Trinajstić information content (AvgIpc) is 3.02. The summed E-state index contributed by atoms with van der Waals surface area (Å²) in [6.45, 7) is 2.05. The van der Waals surface area contributed by atoms with E-state index < -0.39 is 16.1 Å². The van der Waals surface area contributed by atoms with Gasteiger partial charge in [0.15, 0.2) is 0 Å². The van der Waals surface area contributed by atoms with Gasteiger partial charge in [-0.25, -0.2) is 8.42 Å². The fourth-order valence-electron chi connectivity index (χ4n) is 2.90. The molecule has 0 saturated carbocycles. The molecule has 2 aromatic rings. The van der Waals surface area contributed by atoms with Gasteiger partial charge >= 0.3 is 0 Å². The smallest absolute Gasteiger partial charge is 0.245 e. The third kappa shape index (κ3) is 2.33. The van der Waals surface area contributed by atoms with Crippen molar-refractivity contribution in [2.24, 2.45) is 7.05 Å². The molecule has 2 atom stereocenters. The molecule has 114 valence electrons. The van der Waals surface area contributed by atoms with E-state index in [9.17, 15) is 13.5 Å². The van der Waals surface area contributed by atoms with E-state index in [0.717, 1.165) is 6.42 Å². The number of sulfonamides is 1. The van der Waals surface area contributed by atoms with Gasteiger partial charge in [-0.2, -0.15) is 19.3 Å². The SMILES string of the molecule is CC(O)[C@H]1CCCN1S(=O)(=O)c1cccc2nn(C)nc12. The molecule has 7 nitrogen and oxygen atoms in total. The van der Waals surface area contributed by atoms with E-state index in [1.165, 1.54) is 9.10 Å². The van der Waals surface area contributed by atoms with Crippen LogP contribution in [0, 0.1) is 0 Å². The highest BCUT2D eigenvalue weighted by Crippen LogP contribution is 2.30. The normalized spacial score (nSPS) is 22.0. The van der Waals surface area contributed by atoms with Crippen LogP contribution in [0.5, 0.6) is 0 Å². The molecule has 0 amide bonds. The van der Waals surface area contributed by atoms with E-state index in [1.54, 1.807) is 32.2 Å². The standard InChI is InChI=1S/C13H18N4O3S/c1-9(18)11-6-4-8-17(11)21(19,20)12-7-3-5-10-13(12)15-16(2)14-10/h3,5,7,9,11,18H,4,6,8H2,1-2H3/t9?,11-/m1/s1. The van der Waals surface area contributed by atoms with Crippen molar-refractivity contribution in [2.75, 3.05) is 6.54 Å². The lowest BCUT2D eigenvalue weighted by molar-refractivity contribution is 0.123. The van der Waals surface area contributed by atoms with Crippen LogP contribution >= 0.6 is 0 Å². The van der Waals surface area contributed by atoms with Crippen molar-refractivity contribution in [1.82, 2.24) is 19.3 Å². The molecule has 0 spiro atoms. The summed E-state index contributed by atoms with van der Waals surface area (Å²) in [5.41, 5.74) is 0.919. The van der Waals surface area contributed by atoms with Crippen molar-refractivity contribution in [3.05, 3.63) is 18.2 Å². The Bertz CT molecular complexity index is 769. The third-order valence-electron chi connectivity index (χ3n) is 3.87. The van der Waals surface area contributed by atoms with Gasteiger partial charge in [0.2, 0.25) is 10.0 Å². The van der Waals surface area contributed by atoms with Crippen LogP contribution in [0.3, 0.4) is 0 Å². The maximum atomic E-state index is 12.9. The summed E-state index contributed by atoms with van der Waals surface area (Å²) >= 11 is 0. The summed E-state index contributed by atoms with van der Waals surface area (Å²) in [6, 6.07) is 4.57. The molecule has 1 aromatic carbocycles. The fourth-order valence-corrected chi connectivity index (χ4v) is 4.80. The number of rotatable bonds is 3. The molecule has 21 heavy (non-hydrogen) atoms. The number of aliphatic hydroxyl groups is 1. The molecule has 1 aliphatic heterocycles. The molecule has 0 aliphatic carbocycles. The molecule has 0 bridgehead atoms.